The molecule has 0 saturated carbocycles. The molecule has 0 aromatic carbocycles. The predicted molar refractivity (Wildman–Crippen MR) is 44.9 cm³/mol. The second-order valence-corrected chi connectivity index (χ2v) is 3.24. The van der Waals surface area contributed by atoms with Crippen molar-refractivity contribution >= 4 is 43.7 Å². The number of primary amides is 2. The molecular formula is C4H6Br2N2O3. The maximum absolute atomic E-state index is 10.3. The Balaban J connectivity index is 3.84. The zero-order valence-corrected chi connectivity index (χ0v) is 8.46. The van der Waals surface area contributed by atoms with Crippen LogP contribution >= 0.6 is 31.9 Å². The van der Waals surface area contributed by atoms with E-state index in [1.165, 1.54) is 0 Å². The highest BCUT2D eigenvalue weighted by molar-refractivity contribution is 9.10. The maximum Gasteiger partial charge on any atom is 0.257 e. The van der Waals surface area contributed by atoms with Crippen LogP contribution in [0.1, 0.15) is 0 Å². The van der Waals surface area contributed by atoms with Crippen molar-refractivity contribution in [3.63, 3.8) is 0 Å². The Kier molecular flexibility index (Phi) is 4.62. The van der Waals surface area contributed by atoms with Crippen molar-refractivity contribution in [2.24, 2.45) is 11.5 Å². The van der Waals surface area contributed by atoms with Gasteiger partial charge in [-0.05, 0) is 31.9 Å². The third kappa shape index (κ3) is 4.33. The molecule has 11 heavy (non-hydrogen) atoms. The van der Waals surface area contributed by atoms with Crippen molar-refractivity contribution in [2.75, 3.05) is 0 Å². The molecule has 2 atom stereocenters. The van der Waals surface area contributed by atoms with Crippen LogP contribution in [0.4, 0.5) is 0 Å². The topological polar surface area (TPSA) is 95.4 Å². The smallest absolute Gasteiger partial charge is 0.257 e. The van der Waals surface area contributed by atoms with Gasteiger partial charge in [0.2, 0.25) is 0 Å². The van der Waals surface area contributed by atoms with E-state index in [2.05, 4.69) is 36.6 Å². The van der Waals surface area contributed by atoms with Crippen molar-refractivity contribution in [3.05, 3.63) is 0 Å². The van der Waals surface area contributed by atoms with E-state index < -0.39 is 21.8 Å². The zero-order chi connectivity index (χ0) is 9.02. The summed E-state index contributed by atoms with van der Waals surface area (Å²) >= 11 is 5.55. The van der Waals surface area contributed by atoms with Gasteiger partial charge in [0.1, 0.15) is 0 Å². The second-order valence-electron chi connectivity index (χ2n) is 1.57. The van der Waals surface area contributed by atoms with Gasteiger partial charge in [-0.15, -0.1) is 0 Å². The van der Waals surface area contributed by atoms with Gasteiger partial charge < -0.3 is 16.2 Å². The molecule has 5 nitrogen and oxygen atoms in total. The molecule has 2 amide bonds. The molecular weight excluding hydrogens is 284 g/mol. The lowest BCUT2D eigenvalue weighted by molar-refractivity contribution is -0.130. The number of hydrogen-bond donors (Lipinski definition) is 2. The average Bonchev–Trinajstić information content (AvgIpc) is 1.87. The highest BCUT2D eigenvalue weighted by Crippen LogP contribution is 2.09. The van der Waals surface area contributed by atoms with E-state index in [1.807, 2.05) is 0 Å². The fourth-order valence-electron chi connectivity index (χ4n) is 0.239. The molecule has 0 fully saturated rings. The number of ether oxygens (including phenoxy) is 1. The summed E-state index contributed by atoms with van der Waals surface area (Å²) in [7, 11) is 0. The molecule has 0 aromatic rings. The summed E-state index contributed by atoms with van der Waals surface area (Å²) in [6.07, 6.45) is 0. The third-order valence-corrected chi connectivity index (χ3v) is 2.02. The molecule has 0 radical (unpaired) electrons. The predicted octanol–water partition coefficient (Wildman–Crippen LogP) is -0.584. The number of hydrogen-bond acceptors (Lipinski definition) is 3. The summed E-state index contributed by atoms with van der Waals surface area (Å²) in [4.78, 5) is 20.7. The summed E-state index contributed by atoms with van der Waals surface area (Å²) < 4.78 is 4.66. The van der Waals surface area contributed by atoms with E-state index in [9.17, 15) is 9.59 Å². The number of nitrogens with two attached hydrogens (primary N) is 2. The van der Waals surface area contributed by atoms with Gasteiger partial charge in [-0.1, -0.05) is 0 Å². The first-order valence-electron chi connectivity index (χ1n) is 2.47. The number of halogens is 2. The van der Waals surface area contributed by atoms with E-state index >= 15 is 0 Å². The van der Waals surface area contributed by atoms with Crippen molar-refractivity contribution in [3.8, 4) is 0 Å². The minimum atomic E-state index is -1.01. The Bertz CT molecular complexity index is 157. The van der Waals surface area contributed by atoms with Crippen LogP contribution in [0.15, 0.2) is 0 Å². The number of alkyl halides is 2. The molecule has 0 bridgehead atoms. The van der Waals surface area contributed by atoms with Crippen molar-refractivity contribution in [1.82, 2.24) is 0 Å². The lowest BCUT2D eigenvalue weighted by Crippen LogP contribution is -2.34. The molecule has 0 aliphatic rings. The van der Waals surface area contributed by atoms with Crippen LogP contribution in [0.5, 0.6) is 0 Å². The number of carbonyl (C=O) groups is 2. The molecule has 0 rings (SSSR count). The second kappa shape index (κ2) is 4.68. The highest BCUT2D eigenvalue weighted by atomic mass is 79.9. The van der Waals surface area contributed by atoms with E-state index in [0.29, 0.717) is 0 Å². The summed E-state index contributed by atoms with van der Waals surface area (Å²) in [5, 5.41) is -2.03. The molecule has 7 heteroatoms. The van der Waals surface area contributed by atoms with Gasteiger partial charge in [0.05, 0.1) is 0 Å². The summed E-state index contributed by atoms with van der Waals surface area (Å²) in [6, 6.07) is 0. The minimum absolute atomic E-state index is 0.726. The summed E-state index contributed by atoms with van der Waals surface area (Å²) in [5.41, 5.74) is 9.60. The van der Waals surface area contributed by atoms with Crippen molar-refractivity contribution < 1.29 is 14.3 Å². The van der Waals surface area contributed by atoms with Crippen LogP contribution in [-0.4, -0.2) is 21.8 Å². The number of amides is 2. The van der Waals surface area contributed by atoms with Crippen molar-refractivity contribution in [2.45, 2.75) is 10.0 Å². The van der Waals surface area contributed by atoms with Gasteiger partial charge in [-0.2, -0.15) is 0 Å². The molecule has 0 aliphatic carbocycles. The Morgan fingerprint density at radius 2 is 1.36 bits per heavy atom. The van der Waals surface area contributed by atoms with Crippen LogP contribution in [0, 0.1) is 0 Å². The van der Waals surface area contributed by atoms with Gasteiger partial charge in [-0.3, -0.25) is 9.59 Å². The van der Waals surface area contributed by atoms with Crippen LogP contribution in [-0.2, 0) is 14.3 Å². The normalized spacial score (nSPS) is 15.5. The Hall–Kier alpha value is -0.140. The SMILES string of the molecule is NC(=O)C(Br)OC(Br)C(N)=O. The van der Waals surface area contributed by atoms with E-state index in [0.717, 1.165) is 0 Å². The Morgan fingerprint density at radius 3 is 1.55 bits per heavy atom. The first-order chi connectivity index (χ1) is 4.95. The quantitative estimate of drug-likeness (QED) is 0.678. The minimum Gasteiger partial charge on any atom is -0.367 e. The monoisotopic (exact) mass is 288 g/mol. The van der Waals surface area contributed by atoms with Gasteiger partial charge in [0.15, 0.2) is 10.0 Å². The number of carbonyl (C=O) groups excluding carboxylic acids is 2. The Morgan fingerprint density at radius 1 is 1.09 bits per heavy atom. The van der Waals surface area contributed by atoms with Crippen molar-refractivity contribution in [1.29, 1.82) is 0 Å². The molecule has 2 unspecified atom stereocenters. The van der Waals surface area contributed by atoms with Gasteiger partial charge in [0.25, 0.3) is 11.8 Å². The summed E-state index contributed by atoms with van der Waals surface area (Å²) in [5.74, 6) is -1.45. The van der Waals surface area contributed by atoms with Gasteiger partial charge in [-0.25, -0.2) is 0 Å². The fourth-order valence-corrected chi connectivity index (χ4v) is 0.960. The van der Waals surface area contributed by atoms with Gasteiger partial charge >= 0.3 is 0 Å². The van der Waals surface area contributed by atoms with Gasteiger partial charge in [0, 0.05) is 0 Å². The fraction of sp³-hybridized carbons (Fsp3) is 0.500. The first-order valence-corrected chi connectivity index (χ1v) is 4.30. The van der Waals surface area contributed by atoms with Crippen LogP contribution in [0.2, 0.25) is 0 Å². The molecule has 0 aliphatic heterocycles. The van der Waals surface area contributed by atoms with Crippen LogP contribution < -0.4 is 11.5 Å². The molecule has 64 valence electrons. The van der Waals surface area contributed by atoms with E-state index in [-0.39, 0.29) is 0 Å². The standard InChI is InChI=1S/C4H6Br2N2O3/c5-1(3(7)9)11-2(6)4(8)10/h1-2H,(H2,7,9)(H2,8,10). The van der Waals surface area contributed by atoms with Crippen LogP contribution in [0.3, 0.4) is 0 Å². The third-order valence-electron chi connectivity index (χ3n) is 0.686. The zero-order valence-electron chi connectivity index (χ0n) is 5.29. The Labute approximate surface area is 79.7 Å². The van der Waals surface area contributed by atoms with E-state index in [4.69, 9.17) is 11.5 Å². The maximum atomic E-state index is 10.3. The van der Waals surface area contributed by atoms with E-state index in [1.54, 1.807) is 0 Å². The molecule has 0 saturated heterocycles. The first kappa shape index (κ1) is 10.9. The molecule has 0 spiro atoms. The number of rotatable bonds is 4. The lowest BCUT2D eigenvalue weighted by Gasteiger charge is -2.10. The van der Waals surface area contributed by atoms with Crippen LogP contribution in [0.25, 0.3) is 0 Å². The largest absolute Gasteiger partial charge is 0.367 e. The molecule has 0 heterocycles. The molecule has 4 N–H and O–H groups in total. The summed E-state index contributed by atoms with van der Waals surface area (Å²) in [6.45, 7) is 0. The average molecular weight is 290 g/mol. The lowest BCUT2D eigenvalue weighted by atomic mass is 10.6. The molecule has 0 aromatic heterocycles. The highest BCUT2D eigenvalue weighted by Gasteiger charge is 2.19.